The van der Waals surface area contributed by atoms with Gasteiger partial charge in [-0.15, -0.1) is 0 Å². The van der Waals surface area contributed by atoms with Crippen molar-refractivity contribution >= 4 is 21.7 Å². The summed E-state index contributed by atoms with van der Waals surface area (Å²) >= 11 is 3.42. The fraction of sp³-hybridized carbons (Fsp3) is 0.176. The van der Waals surface area contributed by atoms with E-state index in [1.54, 1.807) is 13.3 Å². The number of aryl methyl sites for hydroxylation is 1. The number of fused-ring (bicyclic) bond motifs is 1. The second-order valence-corrected chi connectivity index (χ2v) is 6.51. The Balaban J connectivity index is 1.71. The van der Waals surface area contributed by atoms with Crippen molar-refractivity contribution in [2.75, 3.05) is 7.11 Å². The number of aromatic nitrogens is 6. The molecule has 3 heterocycles. The fourth-order valence-corrected chi connectivity index (χ4v) is 2.95. The molecule has 0 fully saturated rings. The average Bonchev–Trinajstić information content (AvgIpc) is 3.18. The molecule has 3 aromatic heterocycles. The third kappa shape index (κ3) is 3.12. The van der Waals surface area contributed by atoms with E-state index < -0.39 is 0 Å². The largest absolute Gasteiger partial charge is 0.497 e. The average molecular weight is 399 g/mol. The zero-order valence-electron chi connectivity index (χ0n) is 13.7. The van der Waals surface area contributed by atoms with Crippen LogP contribution in [0.25, 0.3) is 17.3 Å². The summed E-state index contributed by atoms with van der Waals surface area (Å²) in [5, 5.41) is 4.51. The van der Waals surface area contributed by atoms with Crippen molar-refractivity contribution in [3.8, 4) is 17.3 Å². The molecule has 0 unspecified atom stereocenters. The van der Waals surface area contributed by atoms with Gasteiger partial charge in [-0.25, -0.2) is 19.6 Å². The van der Waals surface area contributed by atoms with Crippen LogP contribution in [0.15, 0.2) is 47.3 Å². The van der Waals surface area contributed by atoms with E-state index in [2.05, 4.69) is 36.0 Å². The number of hydrogen-bond donors (Lipinski definition) is 0. The number of hydrogen-bond acceptors (Lipinski definition) is 5. The Hall–Kier alpha value is -2.74. The predicted octanol–water partition coefficient (Wildman–Crippen LogP) is 3.12. The Labute approximate surface area is 152 Å². The van der Waals surface area contributed by atoms with Gasteiger partial charge in [0.15, 0.2) is 5.82 Å². The van der Waals surface area contributed by atoms with Crippen LogP contribution in [0.5, 0.6) is 5.75 Å². The van der Waals surface area contributed by atoms with E-state index in [9.17, 15) is 0 Å². The lowest BCUT2D eigenvalue weighted by atomic mass is 10.2. The first kappa shape index (κ1) is 15.8. The van der Waals surface area contributed by atoms with E-state index in [-0.39, 0.29) is 0 Å². The van der Waals surface area contributed by atoms with Gasteiger partial charge in [0.1, 0.15) is 17.3 Å². The third-order valence-corrected chi connectivity index (χ3v) is 4.19. The van der Waals surface area contributed by atoms with E-state index in [1.165, 1.54) is 0 Å². The monoisotopic (exact) mass is 398 g/mol. The van der Waals surface area contributed by atoms with Gasteiger partial charge in [-0.05, 0) is 40.5 Å². The van der Waals surface area contributed by atoms with Crippen molar-refractivity contribution in [2.24, 2.45) is 0 Å². The Morgan fingerprint density at radius 1 is 1.12 bits per heavy atom. The van der Waals surface area contributed by atoms with Crippen LogP contribution < -0.4 is 4.74 Å². The molecule has 126 valence electrons. The molecule has 1 aromatic carbocycles. The number of nitrogens with zero attached hydrogens (tertiary/aromatic N) is 6. The highest BCUT2D eigenvalue weighted by atomic mass is 79.9. The normalized spacial score (nSPS) is 11.2. The summed E-state index contributed by atoms with van der Waals surface area (Å²) < 4.78 is 9.81. The Bertz CT molecular complexity index is 1040. The maximum absolute atomic E-state index is 5.20. The molecule has 7 nitrogen and oxygen atoms in total. The first-order chi connectivity index (χ1) is 12.1. The van der Waals surface area contributed by atoms with E-state index >= 15 is 0 Å². The highest BCUT2D eigenvalue weighted by Crippen LogP contribution is 2.20. The summed E-state index contributed by atoms with van der Waals surface area (Å²) in [5.41, 5.74) is 1.84. The zero-order valence-corrected chi connectivity index (χ0v) is 15.3. The summed E-state index contributed by atoms with van der Waals surface area (Å²) in [5.74, 6) is 2.87. The van der Waals surface area contributed by atoms with Gasteiger partial charge in [-0.2, -0.15) is 5.10 Å². The van der Waals surface area contributed by atoms with Crippen LogP contribution in [0, 0.1) is 6.92 Å². The Morgan fingerprint density at radius 3 is 2.68 bits per heavy atom. The van der Waals surface area contributed by atoms with Crippen LogP contribution in [0.4, 0.5) is 0 Å². The van der Waals surface area contributed by atoms with Crippen molar-refractivity contribution < 1.29 is 4.74 Å². The van der Waals surface area contributed by atoms with E-state index in [1.807, 2.05) is 52.7 Å². The van der Waals surface area contributed by atoms with E-state index in [4.69, 9.17) is 4.74 Å². The standard InChI is InChI=1S/C17H15BrN6O/c1-11-20-16(15-10-23-9-13(18)7-19-17(23)21-15)24(22-11)8-12-3-5-14(25-2)6-4-12/h3-7,9-10H,8H2,1-2H3. The molecule has 0 bridgehead atoms. The first-order valence-electron chi connectivity index (χ1n) is 7.67. The number of ether oxygens (including phenoxy) is 1. The Kier molecular flexibility index (Phi) is 3.96. The lowest BCUT2D eigenvalue weighted by Crippen LogP contribution is -2.04. The van der Waals surface area contributed by atoms with Gasteiger partial charge in [0.2, 0.25) is 5.78 Å². The molecular weight excluding hydrogens is 384 g/mol. The molecule has 0 saturated heterocycles. The van der Waals surface area contributed by atoms with Crippen molar-refractivity contribution in [1.29, 1.82) is 0 Å². The first-order valence-corrected chi connectivity index (χ1v) is 8.46. The Morgan fingerprint density at radius 2 is 1.92 bits per heavy atom. The van der Waals surface area contributed by atoms with E-state index in [0.717, 1.165) is 27.3 Å². The van der Waals surface area contributed by atoms with Crippen LogP contribution in [0.1, 0.15) is 11.4 Å². The second-order valence-electron chi connectivity index (χ2n) is 5.59. The van der Waals surface area contributed by atoms with Crippen molar-refractivity contribution in [3.63, 3.8) is 0 Å². The molecular formula is C17H15BrN6O. The molecule has 0 aliphatic heterocycles. The number of methoxy groups -OCH3 is 1. The smallest absolute Gasteiger partial charge is 0.234 e. The molecule has 0 radical (unpaired) electrons. The van der Waals surface area contributed by atoms with E-state index in [0.29, 0.717) is 18.1 Å². The summed E-state index contributed by atoms with van der Waals surface area (Å²) in [7, 11) is 1.66. The summed E-state index contributed by atoms with van der Waals surface area (Å²) in [6, 6.07) is 7.90. The highest BCUT2D eigenvalue weighted by molar-refractivity contribution is 9.10. The maximum Gasteiger partial charge on any atom is 0.234 e. The van der Waals surface area contributed by atoms with Crippen LogP contribution >= 0.6 is 15.9 Å². The molecule has 0 amide bonds. The molecule has 0 aliphatic rings. The minimum absolute atomic E-state index is 0.602. The summed E-state index contributed by atoms with van der Waals surface area (Å²) in [6.45, 7) is 2.48. The van der Waals surface area contributed by atoms with Gasteiger partial charge in [0, 0.05) is 18.6 Å². The van der Waals surface area contributed by atoms with Gasteiger partial charge >= 0.3 is 0 Å². The minimum atomic E-state index is 0.602. The molecule has 0 saturated carbocycles. The molecule has 0 atom stereocenters. The van der Waals surface area contributed by atoms with Crippen LogP contribution in [-0.4, -0.2) is 36.2 Å². The van der Waals surface area contributed by atoms with Crippen LogP contribution in [0.2, 0.25) is 0 Å². The minimum Gasteiger partial charge on any atom is -0.497 e. The van der Waals surface area contributed by atoms with Gasteiger partial charge in [-0.3, -0.25) is 4.40 Å². The highest BCUT2D eigenvalue weighted by Gasteiger charge is 2.14. The van der Waals surface area contributed by atoms with Crippen molar-refractivity contribution in [1.82, 2.24) is 29.1 Å². The van der Waals surface area contributed by atoms with Gasteiger partial charge in [0.05, 0.1) is 18.1 Å². The quantitative estimate of drug-likeness (QED) is 0.528. The van der Waals surface area contributed by atoms with Crippen LogP contribution in [0.3, 0.4) is 0 Å². The summed E-state index contributed by atoms with van der Waals surface area (Å²) in [6.07, 6.45) is 5.54. The SMILES string of the molecule is COc1ccc(Cn2nc(C)nc2-c2cn3cc(Br)cnc3n2)cc1. The molecule has 4 aromatic rings. The number of rotatable bonds is 4. The lowest BCUT2D eigenvalue weighted by molar-refractivity contribution is 0.414. The van der Waals surface area contributed by atoms with Crippen molar-refractivity contribution in [3.05, 3.63) is 58.7 Å². The van der Waals surface area contributed by atoms with Gasteiger partial charge < -0.3 is 4.74 Å². The second kappa shape index (κ2) is 6.29. The zero-order chi connectivity index (χ0) is 17.4. The lowest BCUT2D eigenvalue weighted by Gasteiger charge is -2.05. The predicted molar refractivity (Wildman–Crippen MR) is 96.5 cm³/mol. The maximum atomic E-state index is 5.20. The molecule has 25 heavy (non-hydrogen) atoms. The molecule has 4 rings (SSSR count). The summed E-state index contributed by atoms with van der Waals surface area (Å²) in [4.78, 5) is 13.4. The molecule has 8 heteroatoms. The number of imidazole rings is 1. The van der Waals surface area contributed by atoms with Gasteiger partial charge in [-0.1, -0.05) is 12.1 Å². The topological polar surface area (TPSA) is 70.1 Å². The molecule has 0 spiro atoms. The van der Waals surface area contributed by atoms with Crippen LogP contribution in [-0.2, 0) is 6.54 Å². The van der Waals surface area contributed by atoms with Gasteiger partial charge in [0.25, 0.3) is 0 Å². The number of benzene rings is 1. The van der Waals surface area contributed by atoms with Crippen molar-refractivity contribution in [2.45, 2.75) is 13.5 Å². The molecule has 0 aliphatic carbocycles. The number of halogens is 1. The fourth-order valence-electron chi connectivity index (χ4n) is 2.63. The third-order valence-electron chi connectivity index (χ3n) is 3.78. The molecule has 0 N–H and O–H groups in total.